The molecule has 0 atom stereocenters. The molecule has 1 rings (SSSR count). The van der Waals surface area contributed by atoms with Gasteiger partial charge in [-0.15, -0.1) is 4.33 Å². The molecule has 7 heteroatoms. The van der Waals surface area contributed by atoms with Gasteiger partial charge in [-0.3, -0.25) is 0 Å². The third kappa shape index (κ3) is 6.30. The fourth-order valence-corrected chi connectivity index (χ4v) is 2.20. The highest BCUT2D eigenvalue weighted by Gasteiger charge is 2.30. The lowest BCUT2D eigenvalue weighted by molar-refractivity contribution is -0.479. The molecule has 6 nitrogen and oxygen atoms in total. The molecule has 0 unspecified atom stereocenters. The number of hydrogen-bond donors (Lipinski definition) is 0. The predicted molar refractivity (Wildman–Crippen MR) is 76.8 cm³/mol. The van der Waals surface area contributed by atoms with Gasteiger partial charge in [0, 0.05) is 31.4 Å². The molecule has 0 N–H and O–H groups in total. The monoisotopic (exact) mass is 307 g/mol. The van der Waals surface area contributed by atoms with Crippen LogP contribution in [0, 0.1) is 0 Å². The van der Waals surface area contributed by atoms with Crippen LogP contribution in [0.2, 0.25) is 0 Å². The van der Waals surface area contributed by atoms with Crippen molar-refractivity contribution in [1.29, 1.82) is 0 Å². The molecule has 0 aromatic carbocycles. The molecule has 1 aliphatic rings. The fraction of sp³-hybridized carbons (Fsp3) is 0.923. The fourth-order valence-electron chi connectivity index (χ4n) is 2.11. The summed E-state index contributed by atoms with van der Waals surface area (Å²) in [5.74, 6) is 0. The maximum atomic E-state index is 12.0. The molecule has 0 aromatic rings. The minimum atomic E-state index is -0.464. The molecule has 0 bridgehead atoms. The molecule has 0 aliphatic heterocycles. The van der Waals surface area contributed by atoms with Crippen molar-refractivity contribution >= 4 is 18.1 Å². The molecular formula is C13H25NO5S. The van der Waals surface area contributed by atoms with E-state index < -0.39 is 5.60 Å². The smallest absolute Gasteiger partial charge is 0.410 e. The predicted octanol–water partition coefficient (Wildman–Crippen LogP) is 3.32. The highest BCUT2D eigenvalue weighted by Crippen LogP contribution is 2.26. The molecule has 20 heavy (non-hydrogen) atoms. The van der Waals surface area contributed by atoms with E-state index in [-0.39, 0.29) is 18.2 Å². The Morgan fingerprint density at radius 1 is 1.20 bits per heavy atom. The van der Waals surface area contributed by atoms with Crippen molar-refractivity contribution in [3.63, 3.8) is 0 Å². The Labute approximate surface area is 125 Å². The average molecular weight is 307 g/mol. The number of carbonyl (C=O) groups excluding carboxylic acids is 1. The van der Waals surface area contributed by atoms with Crippen LogP contribution in [-0.2, 0) is 19.0 Å². The van der Waals surface area contributed by atoms with E-state index in [1.165, 1.54) is 0 Å². The molecule has 1 fully saturated rings. The van der Waals surface area contributed by atoms with Gasteiger partial charge in [0.25, 0.3) is 0 Å². The number of amides is 1. The van der Waals surface area contributed by atoms with E-state index >= 15 is 0 Å². The van der Waals surface area contributed by atoms with Crippen LogP contribution in [0.5, 0.6) is 0 Å². The summed E-state index contributed by atoms with van der Waals surface area (Å²) in [6.07, 6.45) is 4.88. The third-order valence-corrected chi connectivity index (χ3v) is 3.34. The minimum Gasteiger partial charge on any atom is -0.444 e. The number of hydrogen-bond acceptors (Lipinski definition) is 6. The number of nitrogens with zero attached hydrogens (tertiary/aromatic N) is 1. The molecule has 0 spiro atoms. The summed E-state index contributed by atoms with van der Waals surface area (Å²) in [5.41, 5.74) is -0.464. The summed E-state index contributed by atoms with van der Waals surface area (Å²) >= 11 is 1.09. The maximum absolute atomic E-state index is 12.0. The molecular weight excluding hydrogens is 282 g/mol. The van der Waals surface area contributed by atoms with Crippen molar-refractivity contribution in [2.75, 3.05) is 13.3 Å². The van der Waals surface area contributed by atoms with Crippen molar-refractivity contribution in [3.05, 3.63) is 0 Å². The lowest BCUT2D eigenvalue weighted by atomic mass is 9.92. The van der Waals surface area contributed by atoms with Gasteiger partial charge in [-0.25, -0.2) is 9.68 Å². The van der Waals surface area contributed by atoms with Gasteiger partial charge in [-0.1, -0.05) is 5.04 Å². The lowest BCUT2D eigenvalue weighted by Crippen LogP contribution is -2.43. The van der Waals surface area contributed by atoms with Crippen molar-refractivity contribution in [3.8, 4) is 0 Å². The van der Waals surface area contributed by atoms with E-state index in [2.05, 4.69) is 9.37 Å². The standard InChI is InChI=1S/C13H25NO5S/c1-13(2,3)16-12(15)14(4)10-6-8-11(9-7-10)17-18-19-20-5/h10-11H,6-9H2,1-5H3/t10-,11-. The largest absolute Gasteiger partial charge is 0.444 e. The molecule has 118 valence electrons. The number of ether oxygens (including phenoxy) is 1. The van der Waals surface area contributed by atoms with Gasteiger partial charge in [0.1, 0.15) is 5.60 Å². The Morgan fingerprint density at radius 3 is 2.30 bits per heavy atom. The van der Waals surface area contributed by atoms with Gasteiger partial charge in [-0.05, 0) is 46.5 Å². The first-order valence-electron chi connectivity index (χ1n) is 6.82. The Morgan fingerprint density at radius 2 is 1.80 bits per heavy atom. The van der Waals surface area contributed by atoms with Gasteiger partial charge < -0.3 is 9.64 Å². The summed E-state index contributed by atoms with van der Waals surface area (Å²) in [4.78, 5) is 18.8. The molecule has 1 aliphatic carbocycles. The average Bonchev–Trinajstić information content (AvgIpc) is 2.37. The first-order chi connectivity index (χ1) is 9.33. The van der Waals surface area contributed by atoms with Crippen LogP contribution in [0.25, 0.3) is 0 Å². The van der Waals surface area contributed by atoms with Crippen molar-refractivity contribution in [1.82, 2.24) is 4.90 Å². The Hall–Kier alpha value is -0.500. The molecule has 1 amide bonds. The summed E-state index contributed by atoms with van der Waals surface area (Å²) in [5, 5.41) is 4.59. The second-order valence-corrected chi connectivity index (χ2v) is 6.39. The lowest BCUT2D eigenvalue weighted by Gasteiger charge is -2.34. The van der Waals surface area contributed by atoms with Crippen molar-refractivity contribution in [2.45, 2.75) is 64.2 Å². The molecule has 0 saturated heterocycles. The Bertz CT molecular complexity index is 300. The van der Waals surface area contributed by atoms with E-state index in [4.69, 9.17) is 9.62 Å². The van der Waals surface area contributed by atoms with Crippen LogP contribution in [0.1, 0.15) is 46.5 Å². The van der Waals surface area contributed by atoms with E-state index in [0.29, 0.717) is 0 Å². The zero-order valence-electron chi connectivity index (χ0n) is 12.9. The summed E-state index contributed by atoms with van der Waals surface area (Å²) in [6, 6.07) is 0.186. The quantitative estimate of drug-likeness (QED) is 0.336. The van der Waals surface area contributed by atoms with Crippen LogP contribution in [0.15, 0.2) is 0 Å². The number of rotatable bonds is 5. The van der Waals surface area contributed by atoms with E-state index in [9.17, 15) is 4.79 Å². The van der Waals surface area contributed by atoms with Gasteiger partial charge in [0.05, 0.1) is 6.10 Å². The normalized spacial score (nSPS) is 23.4. The van der Waals surface area contributed by atoms with Crippen LogP contribution < -0.4 is 0 Å². The molecule has 0 radical (unpaired) electrons. The highest BCUT2D eigenvalue weighted by atomic mass is 32.2. The summed E-state index contributed by atoms with van der Waals surface area (Å²) < 4.78 is 9.98. The van der Waals surface area contributed by atoms with Crippen LogP contribution in [-0.4, -0.2) is 42.0 Å². The van der Waals surface area contributed by atoms with E-state index in [0.717, 1.165) is 37.7 Å². The maximum Gasteiger partial charge on any atom is 0.410 e. The van der Waals surface area contributed by atoms with Crippen LogP contribution >= 0.6 is 12.0 Å². The number of carbonyl (C=O) groups is 1. The van der Waals surface area contributed by atoms with Crippen molar-refractivity contribution in [2.24, 2.45) is 0 Å². The zero-order valence-corrected chi connectivity index (χ0v) is 13.7. The molecule has 1 saturated carbocycles. The van der Waals surface area contributed by atoms with E-state index in [1.807, 2.05) is 20.8 Å². The van der Waals surface area contributed by atoms with Crippen LogP contribution in [0.4, 0.5) is 4.79 Å². The minimum absolute atomic E-state index is 0.0189. The second-order valence-electron chi connectivity index (χ2n) is 5.92. The molecule has 0 heterocycles. The SMILES string of the molecule is CSOOO[C@H]1CC[C@H](N(C)C(=O)OC(C)(C)C)CC1. The summed E-state index contributed by atoms with van der Waals surface area (Å²) in [6.45, 7) is 5.60. The summed E-state index contributed by atoms with van der Waals surface area (Å²) in [7, 11) is 1.78. The Balaban J connectivity index is 2.31. The van der Waals surface area contributed by atoms with Gasteiger partial charge in [-0.2, -0.15) is 0 Å². The van der Waals surface area contributed by atoms with Gasteiger partial charge in [0.2, 0.25) is 0 Å². The first kappa shape index (κ1) is 17.6. The van der Waals surface area contributed by atoms with E-state index in [1.54, 1.807) is 18.2 Å². The van der Waals surface area contributed by atoms with Gasteiger partial charge in [0.15, 0.2) is 0 Å². The van der Waals surface area contributed by atoms with Crippen molar-refractivity contribution < 1.29 is 23.8 Å². The second kappa shape index (κ2) is 8.07. The third-order valence-electron chi connectivity index (χ3n) is 3.14. The zero-order chi connectivity index (χ0) is 15.2. The van der Waals surface area contributed by atoms with Gasteiger partial charge >= 0.3 is 6.09 Å². The van der Waals surface area contributed by atoms with Crippen LogP contribution in [0.3, 0.4) is 0 Å². The topological polar surface area (TPSA) is 57.2 Å². The highest BCUT2D eigenvalue weighted by molar-refractivity contribution is 7.93. The molecule has 0 aromatic heterocycles. The Kier molecular flexibility index (Phi) is 7.08. The first-order valence-corrected chi connectivity index (χ1v) is 7.97.